The molecule has 0 aliphatic carbocycles. The van der Waals surface area contributed by atoms with Crippen molar-refractivity contribution in [2.24, 2.45) is 0 Å². The van der Waals surface area contributed by atoms with Crippen molar-refractivity contribution in [2.75, 3.05) is 18.5 Å². The fraction of sp³-hybridized carbons (Fsp3) is 0.200. The second-order valence-corrected chi connectivity index (χ2v) is 7.47. The maximum atomic E-state index is 12.7. The number of carbonyl (C=O) groups excluding carboxylic acids is 1. The Bertz CT molecular complexity index is 1050. The van der Waals surface area contributed by atoms with Crippen LogP contribution in [-0.4, -0.2) is 28.9 Å². The maximum Gasteiger partial charge on any atom is 0.435 e. The zero-order chi connectivity index (χ0) is 21.1. The molecule has 1 amide bonds. The van der Waals surface area contributed by atoms with E-state index in [0.29, 0.717) is 30.4 Å². The molecule has 156 valence electrons. The lowest BCUT2D eigenvalue weighted by Gasteiger charge is -2.21. The number of aromatic nitrogens is 2. The van der Waals surface area contributed by atoms with Gasteiger partial charge in [-0.2, -0.15) is 18.3 Å². The molecule has 0 saturated carbocycles. The second-order valence-electron chi connectivity index (χ2n) is 6.35. The molecule has 2 aromatic carbocycles. The molecule has 0 bridgehead atoms. The molecule has 2 heterocycles. The van der Waals surface area contributed by atoms with Gasteiger partial charge in [0.1, 0.15) is 19.8 Å². The molecule has 1 aliphatic heterocycles. The van der Waals surface area contributed by atoms with Crippen LogP contribution in [0.5, 0.6) is 11.5 Å². The van der Waals surface area contributed by atoms with Crippen molar-refractivity contribution < 1.29 is 27.4 Å². The zero-order valence-electron chi connectivity index (χ0n) is 15.5. The van der Waals surface area contributed by atoms with Gasteiger partial charge in [0.2, 0.25) is 5.91 Å². The molecule has 0 fully saturated rings. The van der Waals surface area contributed by atoms with Gasteiger partial charge in [-0.15, -0.1) is 0 Å². The molecule has 1 aliphatic rings. The number of ether oxygens (including phenoxy) is 2. The second kappa shape index (κ2) is 8.31. The van der Waals surface area contributed by atoms with Crippen molar-refractivity contribution in [3.63, 3.8) is 0 Å². The predicted octanol–water partition coefficient (Wildman–Crippen LogP) is 4.46. The number of anilines is 1. The van der Waals surface area contributed by atoms with E-state index in [1.54, 1.807) is 12.1 Å². The Balaban J connectivity index is 1.55. The summed E-state index contributed by atoms with van der Waals surface area (Å²) in [5.41, 5.74) is -0.573. The maximum absolute atomic E-state index is 12.7. The Morgan fingerprint density at radius 1 is 1.10 bits per heavy atom. The molecule has 10 heteroatoms. The average molecular weight is 435 g/mol. The minimum absolute atomic E-state index is 0.361. The third-order valence-corrected chi connectivity index (χ3v) is 5.19. The summed E-state index contributed by atoms with van der Waals surface area (Å²) < 4.78 is 50.2. The molecule has 0 spiro atoms. The Hall–Kier alpha value is -3.14. The highest BCUT2D eigenvalue weighted by atomic mass is 32.2. The number of benzene rings is 2. The summed E-state index contributed by atoms with van der Waals surface area (Å²) in [6.07, 6.45) is -3.44. The van der Waals surface area contributed by atoms with E-state index in [-0.39, 0.29) is 6.54 Å². The lowest BCUT2D eigenvalue weighted by Crippen LogP contribution is -2.21. The van der Waals surface area contributed by atoms with Crippen LogP contribution in [0.1, 0.15) is 5.69 Å². The van der Waals surface area contributed by atoms with Gasteiger partial charge in [0.05, 0.1) is 5.69 Å². The molecule has 0 radical (unpaired) electrons. The molecule has 4 rings (SSSR count). The standard InChI is InChI=1S/C20H16F3N3O3S/c21-20(22,23)18-6-7-26(25-18)12-19(27)24-14-10-15-16(29-9-8-28-15)11-17(14)30-13-4-2-1-3-5-13/h1-7,10-11H,8-9,12H2,(H,24,27). The van der Waals surface area contributed by atoms with Crippen molar-refractivity contribution in [1.29, 1.82) is 0 Å². The zero-order valence-corrected chi connectivity index (χ0v) is 16.3. The Kier molecular flexibility index (Phi) is 5.58. The fourth-order valence-corrected chi connectivity index (χ4v) is 3.74. The van der Waals surface area contributed by atoms with Gasteiger partial charge in [0, 0.05) is 28.1 Å². The number of fused-ring (bicyclic) bond motifs is 1. The van der Waals surface area contributed by atoms with E-state index in [0.717, 1.165) is 26.7 Å². The largest absolute Gasteiger partial charge is 0.486 e. The molecular weight excluding hydrogens is 419 g/mol. The third kappa shape index (κ3) is 4.70. The van der Waals surface area contributed by atoms with E-state index < -0.39 is 17.8 Å². The van der Waals surface area contributed by atoms with Crippen LogP contribution in [0.25, 0.3) is 0 Å². The van der Waals surface area contributed by atoms with Gasteiger partial charge in [0.25, 0.3) is 0 Å². The van der Waals surface area contributed by atoms with Crippen molar-refractivity contribution >= 4 is 23.4 Å². The number of rotatable bonds is 5. The first-order chi connectivity index (χ1) is 14.4. The van der Waals surface area contributed by atoms with Crippen LogP contribution in [0.2, 0.25) is 0 Å². The minimum Gasteiger partial charge on any atom is -0.486 e. The Morgan fingerprint density at radius 2 is 1.80 bits per heavy atom. The topological polar surface area (TPSA) is 65.4 Å². The van der Waals surface area contributed by atoms with Gasteiger partial charge in [-0.05, 0) is 18.2 Å². The highest BCUT2D eigenvalue weighted by Gasteiger charge is 2.33. The van der Waals surface area contributed by atoms with Crippen LogP contribution < -0.4 is 14.8 Å². The lowest BCUT2D eigenvalue weighted by atomic mass is 10.2. The highest BCUT2D eigenvalue weighted by Crippen LogP contribution is 2.42. The predicted molar refractivity (Wildman–Crippen MR) is 104 cm³/mol. The van der Waals surface area contributed by atoms with Crippen molar-refractivity contribution in [1.82, 2.24) is 9.78 Å². The number of halogens is 3. The summed E-state index contributed by atoms with van der Waals surface area (Å²) in [5, 5.41) is 6.14. The monoisotopic (exact) mass is 435 g/mol. The van der Waals surface area contributed by atoms with Crippen molar-refractivity contribution in [2.45, 2.75) is 22.5 Å². The van der Waals surface area contributed by atoms with Gasteiger partial charge in [-0.3, -0.25) is 9.48 Å². The molecule has 1 N–H and O–H groups in total. The minimum atomic E-state index is -4.56. The first kappa shape index (κ1) is 20.1. The van der Waals surface area contributed by atoms with Crippen LogP contribution in [0, 0.1) is 0 Å². The lowest BCUT2D eigenvalue weighted by molar-refractivity contribution is -0.141. The summed E-state index contributed by atoms with van der Waals surface area (Å²) >= 11 is 1.42. The quantitative estimate of drug-likeness (QED) is 0.641. The molecule has 6 nitrogen and oxygen atoms in total. The van der Waals surface area contributed by atoms with E-state index in [1.165, 1.54) is 11.8 Å². The van der Waals surface area contributed by atoms with Crippen molar-refractivity contribution in [3.05, 3.63) is 60.4 Å². The van der Waals surface area contributed by atoms with Gasteiger partial charge in [0.15, 0.2) is 17.2 Å². The highest BCUT2D eigenvalue weighted by molar-refractivity contribution is 7.99. The smallest absolute Gasteiger partial charge is 0.435 e. The molecule has 30 heavy (non-hydrogen) atoms. The Labute approximate surface area is 174 Å². The first-order valence-corrected chi connectivity index (χ1v) is 9.77. The van der Waals surface area contributed by atoms with E-state index in [1.807, 2.05) is 30.3 Å². The molecule has 0 saturated heterocycles. The van der Waals surface area contributed by atoms with Gasteiger partial charge in [-0.1, -0.05) is 30.0 Å². The van der Waals surface area contributed by atoms with Gasteiger partial charge < -0.3 is 14.8 Å². The van der Waals surface area contributed by atoms with Crippen LogP contribution >= 0.6 is 11.8 Å². The summed E-state index contributed by atoms with van der Waals surface area (Å²) in [6.45, 7) is 0.452. The average Bonchev–Trinajstić information content (AvgIpc) is 3.18. The summed E-state index contributed by atoms with van der Waals surface area (Å²) in [7, 11) is 0. The van der Waals surface area contributed by atoms with Crippen LogP contribution in [0.15, 0.2) is 64.5 Å². The van der Waals surface area contributed by atoms with Crippen LogP contribution in [-0.2, 0) is 17.5 Å². The molecular formula is C20H16F3N3O3S. The van der Waals surface area contributed by atoms with Crippen LogP contribution in [0.3, 0.4) is 0 Å². The van der Waals surface area contributed by atoms with E-state index in [4.69, 9.17) is 9.47 Å². The SMILES string of the molecule is O=C(Cn1ccc(C(F)(F)F)n1)Nc1cc2c(cc1Sc1ccccc1)OCCO2. The summed E-state index contributed by atoms with van der Waals surface area (Å²) in [6, 6.07) is 13.8. The van der Waals surface area contributed by atoms with Crippen molar-refractivity contribution in [3.8, 4) is 11.5 Å². The first-order valence-electron chi connectivity index (χ1n) is 8.95. The fourth-order valence-electron chi connectivity index (χ4n) is 2.81. The number of nitrogens with one attached hydrogen (secondary N) is 1. The van der Waals surface area contributed by atoms with E-state index in [2.05, 4.69) is 10.4 Å². The van der Waals surface area contributed by atoms with Gasteiger partial charge in [-0.25, -0.2) is 0 Å². The third-order valence-electron chi connectivity index (χ3n) is 4.13. The number of carbonyl (C=O) groups is 1. The normalized spacial score (nSPS) is 13.2. The van der Waals surface area contributed by atoms with Gasteiger partial charge >= 0.3 is 6.18 Å². The van der Waals surface area contributed by atoms with E-state index >= 15 is 0 Å². The molecule has 0 unspecified atom stereocenters. The number of amides is 1. The Morgan fingerprint density at radius 3 is 2.47 bits per heavy atom. The summed E-state index contributed by atoms with van der Waals surface area (Å²) in [4.78, 5) is 14.1. The summed E-state index contributed by atoms with van der Waals surface area (Å²) in [5.74, 6) is 0.547. The molecule has 1 aromatic heterocycles. The van der Waals surface area contributed by atoms with E-state index in [9.17, 15) is 18.0 Å². The van der Waals surface area contributed by atoms with Crippen LogP contribution in [0.4, 0.5) is 18.9 Å². The number of hydrogen-bond acceptors (Lipinski definition) is 5. The number of nitrogens with zero attached hydrogens (tertiary/aromatic N) is 2. The number of alkyl halides is 3. The number of hydrogen-bond donors (Lipinski definition) is 1. The molecule has 3 aromatic rings. The molecule has 0 atom stereocenters.